The fourth-order valence-electron chi connectivity index (χ4n) is 3.91. The number of carbonyl (C=O) groups is 3. The minimum Gasteiger partial charge on any atom is -0.478 e. The molecule has 9 heteroatoms. The maximum absolute atomic E-state index is 13.0. The Morgan fingerprint density at radius 2 is 1.51 bits per heavy atom. The van der Waals surface area contributed by atoms with Crippen molar-refractivity contribution in [3.8, 4) is 0 Å². The van der Waals surface area contributed by atoms with E-state index in [4.69, 9.17) is 0 Å². The number of carboxylic acids is 1. The van der Waals surface area contributed by atoms with E-state index in [1.165, 1.54) is 36.4 Å². The van der Waals surface area contributed by atoms with Crippen LogP contribution in [0.3, 0.4) is 0 Å². The van der Waals surface area contributed by atoms with Gasteiger partial charge in [0.2, 0.25) is 5.91 Å². The fraction of sp³-hybridized carbons (Fsp3) is 0.192. The molecule has 0 bridgehead atoms. The second kappa shape index (κ2) is 10.8. The van der Waals surface area contributed by atoms with Crippen molar-refractivity contribution in [2.24, 2.45) is 0 Å². The van der Waals surface area contributed by atoms with Gasteiger partial charge in [-0.25, -0.2) is 9.18 Å². The molecule has 0 atom stereocenters. The number of piperazine rings is 1. The number of anilines is 3. The third-order valence-electron chi connectivity index (χ3n) is 5.74. The van der Waals surface area contributed by atoms with E-state index in [9.17, 15) is 23.9 Å². The summed E-state index contributed by atoms with van der Waals surface area (Å²) in [4.78, 5) is 40.6. The van der Waals surface area contributed by atoms with Gasteiger partial charge in [0.15, 0.2) is 0 Å². The van der Waals surface area contributed by atoms with Crippen LogP contribution in [0, 0.1) is 5.82 Å². The average Bonchev–Trinajstić information content (AvgIpc) is 2.86. The van der Waals surface area contributed by atoms with Gasteiger partial charge < -0.3 is 20.6 Å². The Labute approximate surface area is 202 Å². The molecule has 0 unspecified atom stereocenters. The number of benzene rings is 3. The van der Waals surface area contributed by atoms with Crippen LogP contribution in [-0.2, 0) is 4.79 Å². The van der Waals surface area contributed by atoms with Crippen molar-refractivity contribution in [1.29, 1.82) is 0 Å². The summed E-state index contributed by atoms with van der Waals surface area (Å²) < 4.78 is 13.0. The Hall–Kier alpha value is -4.24. The first-order valence-electron chi connectivity index (χ1n) is 11.2. The number of hydrogen-bond donors (Lipinski definition) is 3. The van der Waals surface area contributed by atoms with Crippen LogP contribution in [0.4, 0.5) is 21.5 Å². The van der Waals surface area contributed by atoms with Gasteiger partial charge in [-0.1, -0.05) is 18.2 Å². The number of halogens is 1. The molecular weight excluding hydrogens is 451 g/mol. The van der Waals surface area contributed by atoms with Crippen LogP contribution in [0.15, 0.2) is 72.8 Å². The summed E-state index contributed by atoms with van der Waals surface area (Å²) in [6.07, 6.45) is 0. The van der Waals surface area contributed by atoms with E-state index in [1.54, 1.807) is 30.3 Å². The normalized spacial score (nSPS) is 13.8. The highest BCUT2D eigenvalue weighted by Gasteiger charge is 2.22. The van der Waals surface area contributed by atoms with Gasteiger partial charge in [0.1, 0.15) is 5.82 Å². The zero-order chi connectivity index (χ0) is 24.8. The summed E-state index contributed by atoms with van der Waals surface area (Å²) >= 11 is 0. The molecule has 8 nitrogen and oxygen atoms in total. The van der Waals surface area contributed by atoms with Crippen molar-refractivity contribution in [2.75, 3.05) is 48.3 Å². The number of nitrogens with one attached hydrogen (secondary N) is 2. The molecule has 2 amide bonds. The number of nitrogens with zero attached hydrogens (tertiary/aromatic N) is 2. The molecule has 1 aliphatic heterocycles. The first-order valence-corrected chi connectivity index (χ1v) is 11.2. The van der Waals surface area contributed by atoms with Gasteiger partial charge in [0.25, 0.3) is 5.91 Å². The predicted octanol–water partition coefficient (Wildman–Crippen LogP) is 3.54. The van der Waals surface area contributed by atoms with E-state index in [1.807, 2.05) is 11.0 Å². The lowest BCUT2D eigenvalue weighted by Gasteiger charge is -2.36. The van der Waals surface area contributed by atoms with Gasteiger partial charge in [-0.2, -0.15) is 0 Å². The molecule has 0 saturated carbocycles. The largest absolute Gasteiger partial charge is 0.478 e. The Bertz CT molecular complexity index is 1210. The van der Waals surface area contributed by atoms with Gasteiger partial charge in [0.05, 0.1) is 23.5 Å². The lowest BCUT2D eigenvalue weighted by molar-refractivity contribution is -0.117. The van der Waals surface area contributed by atoms with Gasteiger partial charge in [-0.05, 0) is 54.6 Å². The number of hydrogen-bond acceptors (Lipinski definition) is 5. The van der Waals surface area contributed by atoms with Crippen LogP contribution in [0.1, 0.15) is 20.7 Å². The smallest absolute Gasteiger partial charge is 0.335 e. The van der Waals surface area contributed by atoms with Crippen LogP contribution < -0.4 is 15.5 Å². The first-order chi connectivity index (χ1) is 16.9. The summed E-state index contributed by atoms with van der Waals surface area (Å²) in [5.74, 6) is -1.96. The zero-order valence-electron chi connectivity index (χ0n) is 18.9. The molecule has 1 heterocycles. The second-order valence-electron chi connectivity index (χ2n) is 8.18. The molecule has 0 spiro atoms. The van der Waals surface area contributed by atoms with E-state index in [2.05, 4.69) is 15.5 Å². The molecule has 1 aliphatic rings. The number of carboxylic acid groups (broad SMARTS) is 1. The number of rotatable bonds is 7. The van der Waals surface area contributed by atoms with Crippen molar-refractivity contribution in [3.05, 3.63) is 89.7 Å². The molecular formula is C26H25FN4O4. The standard InChI is InChI=1S/C26H25FN4O4/c27-20-7-9-21(10-8-20)28-24(32)17-30-12-14-31(15-13-30)23-11-6-19(26(34)35)16-22(23)29-25(33)18-4-2-1-3-5-18/h1-11,16H,12-15,17H2,(H,28,32)(H,29,33)(H,34,35). The molecule has 0 aliphatic carbocycles. The SMILES string of the molecule is O=C(CN1CCN(c2ccc(C(=O)O)cc2NC(=O)c2ccccc2)CC1)Nc1ccc(F)cc1. The third kappa shape index (κ3) is 6.21. The highest BCUT2D eigenvalue weighted by molar-refractivity contribution is 6.06. The van der Waals surface area contributed by atoms with Gasteiger partial charge >= 0.3 is 5.97 Å². The summed E-state index contributed by atoms with van der Waals surface area (Å²) in [5.41, 5.74) is 2.22. The second-order valence-corrected chi connectivity index (χ2v) is 8.18. The lowest BCUT2D eigenvalue weighted by Crippen LogP contribution is -2.48. The van der Waals surface area contributed by atoms with Crippen LogP contribution in [0.5, 0.6) is 0 Å². The highest BCUT2D eigenvalue weighted by atomic mass is 19.1. The molecule has 3 aromatic rings. The molecule has 1 saturated heterocycles. The Balaban J connectivity index is 1.41. The van der Waals surface area contributed by atoms with E-state index in [-0.39, 0.29) is 29.7 Å². The molecule has 4 rings (SSSR count). The van der Waals surface area contributed by atoms with Crippen LogP contribution in [0.25, 0.3) is 0 Å². The van der Waals surface area contributed by atoms with E-state index >= 15 is 0 Å². The molecule has 0 aromatic heterocycles. The zero-order valence-corrected chi connectivity index (χ0v) is 18.9. The van der Waals surface area contributed by atoms with E-state index < -0.39 is 5.97 Å². The van der Waals surface area contributed by atoms with Crippen LogP contribution >= 0.6 is 0 Å². The molecule has 35 heavy (non-hydrogen) atoms. The minimum absolute atomic E-state index is 0.0770. The molecule has 3 aromatic carbocycles. The van der Waals surface area contributed by atoms with Crippen LogP contribution in [-0.4, -0.2) is 60.5 Å². The molecule has 0 radical (unpaired) electrons. The maximum atomic E-state index is 13.0. The fourth-order valence-corrected chi connectivity index (χ4v) is 3.91. The summed E-state index contributed by atoms with van der Waals surface area (Å²) in [6.45, 7) is 2.57. The first kappa shape index (κ1) is 23.9. The number of carbonyl (C=O) groups excluding carboxylic acids is 2. The Kier molecular flexibility index (Phi) is 7.37. The summed E-state index contributed by atoms with van der Waals surface area (Å²) in [7, 11) is 0. The quantitative estimate of drug-likeness (QED) is 0.482. The highest BCUT2D eigenvalue weighted by Crippen LogP contribution is 2.29. The molecule has 180 valence electrons. The van der Waals surface area contributed by atoms with Gasteiger partial charge in [-0.15, -0.1) is 0 Å². The Morgan fingerprint density at radius 1 is 0.829 bits per heavy atom. The molecule has 1 fully saturated rings. The van der Waals surface area contributed by atoms with E-state index in [0.717, 1.165) is 5.69 Å². The summed E-state index contributed by atoms with van der Waals surface area (Å²) in [6, 6.07) is 19.0. The number of amides is 2. The van der Waals surface area contributed by atoms with Crippen molar-refractivity contribution in [1.82, 2.24) is 4.90 Å². The monoisotopic (exact) mass is 476 g/mol. The minimum atomic E-state index is -1.08. The van der Waals surface area contributed by atoms with E-state index in [0.29, 0.717) is 43.1 Å². The topological polar surface area (TPSA) is 102 Å². The molecule has 3 N–H and O–H groups in total. The maximum Gasteiger partial charge on any atom is 0.335 e. The lowest BCUT2D eigenvalue weighted by atomic mass is 10.1. The van der Waals surface area contributed by atoms with Crippen molar-refractivity contribution in [3.63, 3.8) is 0 Å². The Morgan fingerprint density at radius 3 is 2.17 bits per heavy atom. The summed E-state index contributed by atoms with van der Waals surface area (Å²) in [5, 5.41) is 15.0. The van der Waals surface area contributed by atoms with Crippen molar-refractivity contribution in [2.45, 2.75) is 0 Å². The van der Waals surface area contributed by atoms with Crippen LogP contribution in [0.2, 0.25) is 0 Å². The van der Waals surface area contributed by atoms with Gasteiger partial charge in [-0.3, -0.25) is 14.5 Å². The van der Waals surface area contributed by atoms with Gasteiger partial charge in [0, 0.05) is 37.4 Å². The predicted molar refractivity (Wildman–Crippen MR) is 131 cm³/mol. The van der Waals surface area contributed by atoms with Crippen molar-refractivity contribution < 1.29 is 23.9 Å². The van der Waals surface area contributed by atoms with Crippen molar-refractivity contribution >= 4 is 34.8 Å². The average molecular weight is 477 g/mol. The third-order valence-corrected chi connectivity index (χ3v) is 5.74. The number of aromatic carboxylic acids is 1.